The molecule has 1 aromatic carbocycles. The average molecular weight is 201 g/mol. The number of benzene rings is 1. The van der Waals surface area contributed by atoms with E-state index >= 15 is 0 Å². The maximum Gasteiger partial charge on any atom is 0.160 e. The lowest BCUT2D eigenvalue weighted by Crippen LogP contribution is -2.05. The Morgan fingerprint density at radius 1 is 1.33 bits per heavy atom. The van der Waals surface area contributed by atoms with Gasteiger partial charge in [-0.15, -0.1) is 0 Å². The van der Waals surface area contributed by atoms with Crippen molar-refractivity contribution in [1.82, 2.24) is 9.97 Å². The van der Waals surface area contributed by atoms with Gasteiger partial charge in [0.2, 0.25) is 0 Å². The monoisotopic (exact) mass is 201 g/mol. The summed E-state index contributed by atoms with van der Waals surface area (Å²) in [5.74, 6) is 0.557. The van der Waals surface area contributed by atoms with E-state index in [9.17, 15) is 0 Å². The van der Waals surface area contributed by atoms with Gasteiger partial charge in [0.25, 0.3) is 0 Å². The number of nitrogens with one attached hydrogen (secondary N) is 1. The van der Waals surface area contributed by atoms with Gasteiger partial charge >= 0.3 is 0 Å². The zero-order chi connectivity index (χ0) is 10.7. The largest absolute Gasteiger partial charge is 0.410 e. The summed E-state index contributed by atoms with van der Waals surface area (Å²) in [6.45, 7) is 2.01. The minimum Gasteiger partial charge on any atom is -0.410 e. The molecule has 2 N–H and O–H groups in total. The molecule has 0 spiro atoms. The van der Waals surface area contributed by atoms with E-state index in [2.05, 4.69) is 15.1 Å². The molecule has 15 heavy (non-hydrogen) atoms. The van der Waals surface area contributed by atoms with Crippen molar-refractivity contribution in [1.29, 1.82) is 0 Å². The first kappa shape index (κ1) is 9.45. The molecule has 0 aliphatic rings. The Bertz CT molecular complexity index is 457. The highest BCUT2D eigenvalue weighted by atomic mass is 16.4. The van der Waals surface area contributed by atoms with E-state index in [0.29, 0.717) is 11.5 Å². The quantitative estimate of drug-likeness (QED) is 0.443. The highest BCUT2D eigenvalue weighted by Crippen LogP contribution is 2.08. The summed E-state index contributed by atoms with van der Waals surface area (Å²) in [5.41, 5.74) is 2.44. The van der Waals surface area contributed by atoms with Crippen LogP contribution in [0, 0.1) is 6.92 Å². The number of hydrogen-bond donors (Lipinski definition) is 2. The Morgan fingerprint density at radius 3 is 2.60 bits per heavy atom. The van der Waals surface area contributed by atoms with E-state index in [-0.39, 0.29) is 0 Å². The lowest BCUT2D eigenvalue weighted by molar-refractivity contribution is 0.319. The number of rotatable bonds is 2. The molecule has 0 aliphatic carbocycles. The molecule has 0 saturated heterocycles. The summed E-state index contributed by atoms with van der Waals surface area (Å²) in [6, 6.07) is 7.72. The van der Waals surface area contributed by atoms with Crippen LogP contribution in [0.15, 0.2) is 41.8 Å². The minimum atomic E-state index is 0.444. The summed E-state index contributed by atoms with van der Waals surface area (Å²) in [7, 11) is 0. The Hall–Kier alpha value is -2.10. The Balaban J connectivity index is 2.41. The molecule has 76 valence electrons. The van der Waals surface area contributed by atoms with Gasteiger partial charge in [-0.1, -0.05) is 35.0 Å². The van der Waals surface area contributed by atoms with Crippen LogP contribution in [0.4, 0.5) is 0 Å². The number of aryl methyl sites for hydroxylation is 1. The number of aromatic nitrogens is 2. The smallest absolute Gasteiger partial charge is 0.160 e. The van der Waals surface area contributed by atoms with Crippen LogP contribution in [0.5, 0.6) is 0 Å². The Labute approximate surface area is 87.3 Å². The number of H-pyrrole nitrogens is 1. The fraction of sp³-hybridized carbons (Fsp3) is 0.0909. The molecule has 0 bridgehead atoms. The maximum absolute atomic E-state index is 8.95. The van der Waals surface area contributed by atoms with E-state index in [0.717, 1.165) is 11.1 Å². The summed E-state index contributed by atoms with van der Waals surface area (Å²) in [4.78, 5) is 6.94. The fourth-order valence-electron chi connectivity index (χ4n) is 1.35. The predicted octanol–water partition coefficient (Wildman–Crippen LogP) is 1.94. The molecule has 0 unspecified atom stereocenters. The van der Waals surface area contributed by atoms with Crippen LogP contribution < -0.4 is 0 Å². The van der Waals surface area contributed by atoms with Crippen LogP contribution in [0.25, 0.3) is 0 Å². The molecule has 0 saturated carbocycles. The van der Waals surface area contributed by atoms with Gasteiger partial charge in [0.05, 0.1) is 0 Å². The second-order valence-electron chi connectivity index (χ2n) is 3.25. The first-order valence-electron chi connectivity index (χ1n) is 4.60. The number of nitrogens with zero attached hydrogens (tertiary/aromatic N) is 2. The first-order chi connectivity index (χ1) is 7.31. The van der Waals surface area contributed by atoms with Crippen LogP contribution in [0.3, 0.4) is 0 Å². The van der Waals surface area contributed by atoms with Crippen molar-refractivity contribution in [3.8, 4) is 0 Å². The summed E-state index contributed by atoms with van der Waals surface area (Å²) >= 11 is 0. The third-order valence-corrected chi connectivity index (χ3v) is 2.15. The summed E-state index contributed by atoms with van der Waals surface area (Å²) < 4.78 is 0. The number of oxime groups is 1. The standard InChI is InChI=1S/C11H11N3O/c1-8-2-4-9(5-3-8)10(14-15)11-12-6-7-13-11/h2-7,15H,1H3,(H,12,13). The van der Waals surface area contributed by atoms with Crippen LogP contribution in [0.1, 0.15) is 17.0 Å². The van der Waals surface area contributed by atoms with Crippen LogP contribution in [-0.4, -0.2) is 20.9 Å². The minimum absolute atomic E-state index is 0.444. The zero-order valence-electron chi connectivity index (χ0n) is 8.31. The molecule has 0 atom stereocenters. The topological polar surface area (TPSA) is 61.3 Å². The van der Waals surface area contributed by atoms with Crippen LogP contribution >= 0.6 is 0 Å². The van der Waals surface area contributed by atoms with E-state index in [1.807, 2.05) is 31.2 Å². The third-order valence-electron chi connectivity index (χ3n) is 2.15. The molecule has 2 rings (SSSR count). The summed E-state index contributed by atoms with van der Waals surface area (Å²) in [6.07, 6.45) is 3.31. The maximum atomic E-state index is 8.95. The molecule has 2 aromatic rings. The third kappa shape index (κ3) is 1.88. The van der Waals surface area contributed by atoms with Crippen molar-refractivity contribution in [2.75, 3.05) is 0 Å². The van der Waals surface area contributed by atoms with E-state index in [1.165, 1.54) is 0 Å². The van der Waals surface area contributed by atoms with Crippen molar-refractivity contribution in [2.24, 2.45) is 5.16 Å². The van der Waals surface area contributed by atoms with Gasteiger partial charge in [0, 0.05) is 18.0 Å². The SMILES string of the molecule is Cc1ccc(C(=NO)c2ncc[nH]2)cc1. The lowest BCUT2D eigenvalue weighted by atomic mass is 10.1. The van der Waals surface area contributed by atoms with Gasteiger partial charge in [-0.2, -0.15) is 0 Å². The van der Waals surface area contributed by atoms with Crippen molar-refractivity contribution in [3.63, 3.8) is 0 Å². The number of imidazole rings is 1. The lowest BCUT2D eigenvalue weighted by Gasteiger charge is -2.01. The van der Waals surface area contributed by atoms with E-state index in [4.69, 9.17) is 5.21 Å². The van der Waals surface area contributed by atoms with Crippen LogP contribution in [0.2, 0.25) is 0 Å². The fourth-order valence-corrected chi connectivity index (χ4v) is 1.35. The molecular weight excluding hydrogens is 190 g/mol. The molecule has 0 amide bonds. The molecular formula is C11H11N3O. The van der Waals surface area contributed by atoms with Crippen molar-refractivity contribution in [3.05, 3.63) is 53.6 Å². The second-order valence-corrected chi connectivity index (χ2v) is 3.25. The molecule has 4 heteroatoms. The number of aromatic amines is 1. The molecule has 4 nitrogen and oxygen atoms in total. The zero-order valence-corrected chi connectivity index (χ0v) is 8.31. The van der Waals surface area contributed by atoms with Crippen molar-refractivity contribution in [2.45, 2.75) is 6.92 Å². The summed E-state index contributed by atoms with van der Waals surface area (Å²) in [5, 5.41) is 12.2. The Kier molecular flexibility index (Phi) is 2.49. The second kappa shape index (κ2) is 3.96. The highest BCUT2D eigenvalue weighted by Gasteiger charge is 2.09. The molecule has 0 radical (unpaired) electrons. The molecule has 0 aliphatic heterocycles. The highest BCUT2D eigenvalue weighted by molar-refractivity contribution is 6.10. The van der Waals surface area contributed by atoms with Gasteiger partial charge in [-0.3, -0.25) is 0 Å². The molecule has 1 heterocycles. The van der Waals surface area contributed by atoms with Gasteiger partial charge in [-0.25, -0.2) is 4.98 Å². The van der Waals surface area contributed by atoms with Gasteiger partial charge in [0.1, 0.15) is 0 Å². The van der Waals surface area contributed by atoms with Crippen LogP contribution in [-0.2, 0) is 0 Å². The number of hydrogen-bond acceptors (Lipinski definition) is 3. The molecule has 0 fully saturated rings. The Morgan fingerprint density at radius 2 is 2.07 bits per heavy atom. The average Bonchev–Trinajstić information content (AvgIpc) is 2.75. The first-order valence-corrected chi connectivity index (χ1v) is 4.60. The van der Waals surface area contributed by atoms with Crippen molar-refractivity contribution >= 4 is 5.71 Å². The molecule has 1 aromatic heterocycles. The van der Waals surface area contributed by atoms with Gasteiger partial charge in [-0.05, 0) is 6.92 Å². The predicted molar refractivity (Wildman–Crippen MR) is 57.2 cm³/mol. The van der Waals surface area contributed by atoms with E-state index in [1.54, 1.807) is 12.4 Å². The van der Waals surface area contributed by atoms with Gasteiger partial charge in [0.15, 0.2) is 11.5 Å². The normalized spacial score (nSPS) is 11.7. The van der Waals surface area contributed by atoms with E-state index < -0.39 is 0 Å². The van der Waals surface area contributed by atoms with Crippen molar-refractivity contribution < 1.29 is 5.21 Å². The van der Waals surface area contributed by atoms with Gasteiger partial charge < -0.3 is 10.2 Å².